The van der Waals surface area contributed by atoms with E-state index in [0.29, 0.717) is 18.2 Å². The molecule has 106 valence electrons. The first-order valence-corrected chi connectivity index (χ1v) is 7.23. The number of nitrogens with zero attached hydrogens (tertiary/aromatic N) is 1. The summed E-state index contributed by atoms with van der Waals surface area (Å²) in [6, 6.07) is 9.51. The molecule has 1 heterocycles. The third-order valence-electron chi connectivity index (χ3n) is 3.94. The number of nitrogens with one attached hydrogen (secondary N) is 1. The van der Waals surface area contributed by atoms with Gasteiger partial charge in [0, 0.05) is 38.5 Å². The van der Waals surface area contributed by atoms with E-state index in [0.717, 1.165) is 6.61 Å². The average molecular weight is 262 g/mol. The van der Waals surface area contributed by atoms with Gasteiger partial charge >= 0.3 is 0 Å². The predicted octanol–water partition coefficient (Wildman–Crippen LogP) is 2.97. The molecule has 3 unspecified atom stereocenters. The van der Waals surface area contributed by atoms with Crippen LogP contribution >= 0.6 is 0 Å². The molecule has 1 N–H and O–H groups in total. The highest BCUT2D eigenvalue weighted by atomic mass is 16.5. The maximum absolute atomic E-state index is 5.73. The van der Waals surface area contributed by atoms with E-state index < -0.39 is 0 Å². The van der Waals surface area contributed by atoms with Crippen LogP contribution in [0.3, 0.4) is 0 Å². The highest BCUT2D eigenvalue weighted by Crippen LogP contribution is 2.21. The lowest BCUT2D eigenvalue weighted by Crippen LogP contribution is -2.38. The quantitative estimate of drug-likeness (QED) is 0.883. The van der Waals surface area contributed by atoms with Gasteiger partial charge in [0.25, 0.3) is 0 Å². The van der Waals surface area contributed by atoms with E-state index in [1.54, 1.807) is 0 Å². The number of hydrogen-bond acceptors (Lipinski definition) is 3. The molecule has 3 nitrogen and oxygen atoms in total. The minimum absolute atomic E-state index is 0.357. The lowest BCUT2D eigenvalue weighted by molar-refractivity contribution is 0.0804. The SMILES string of the molecule is CC(NC(C)C1CCCO1)c1ccc(N(C)C)cc1. The smallest absolute Gasteiger partial charge is 0.0726 e. The Bertz CT molecular complexity index is 382. The maximum atomic E-state index is 5.73. The Balaban J connectivity index is 1.93. The zero-order valence-corrected chi connectivity index (χ0v) is 12.5. The van der Waals surface area contributed by atoms with Gasteiger partial charge in [-0.2, -0.15) is 0 Å². The monoisotopic (exact) mass is 262 g/mol. The standard InChI is InChI=1S/C16H26N2O/c1-12(17-13(2)16-6-5-11-19-16)14-7-9-15(10-8-14)18(3)4/h7-10,12-13,16-17H,5-6,11H2,1-4H3. The minimum Gasteiger partial charge on any atom is -0.378 e. The summed E-state index contributed by atoms with van der Waals surface area (Å²) in [6.45, 7) is 5.36. The molecule has 1 aromatic carbocycles. The molecule has 1 fully saturated rings. The van der Waals surface area contributed by atoms with Gasteiger partial charge in [0.15, 0.2) is 0 Å². The fraction of sp³-hybridized carbons (Fsp3) is 0.625. The van der Waals surface area contributed by atoms with Crippen LogP contribution in [0, 0.1) is 0 Å². The minimum atomic E-state index is 0.357. The molecule has 0 radical (unpaired) electrons. The molecule has 0 amide bonds. The van der Waals surface area contributed by atoms with Crippen LogP contribution in [0.5, 0.6) is 0 Å². The highest BCUT2D eigenvalue weighted by molar-refractivity contribution is 5.46. The zero-order chi connectivity index (χ0) is 13.8. The second-order valence-corrected chi connectivity index (χ2v) is 5.71. The molecule has 3 heteroatoms. The molecular weight excluding hydrogens is 236 g/mol. The molecule has 1 aliphatic heterocycles. The molecule has 2 rings (SSSR count). The summed E-state index contributed by atoms with van der Waals surface area (Å²) in [5.74, 6) is 0. The van der Waals surface area contributed by atoms with Crippen molar-refractivity contribution in [2.24, 2.45) is 0 Å². The van der Waals surface area contributed by atoms with Crippen molar-refractivity contribution >= 4 is 5.69 Å². The fourth-order valence-electron chi connectivity index (χ4n) is 2.66. The van der Waals surface area contributed by atoms with E-state index in [1.165, 1.54) is 24.1 Å². The van der Waals surface area contributed by atoms with Crippen LogP contribution in [0.15, 0.2) is 24.3 Å². The molecule has 0 aliphatic carbocycles. The van der Waals surface area contributed by atoms with Crippen molar-refractivity contribution < 1.29 is 4.74 Å². The molecule has 1 aliphatic rings. The lowest BCUT2D eigenvalue weighted by Gasteiger charge is -2.25. The van der Waals surface area contributed by atoms with Crippen molar-refractivity contribution in [1.29, 1.82) is 0 Å². The van der Waals surface area contributed by atoms with Crippen LogP contribution in [0.1, 0.15) is 38.3 Å². The Morgan fingerprint density at radius 3 is 2.42 bits per heavy atom. The Morgan fingerprint density at radius 1 is 1.21 bits per heavy atom. The average Bonchev–Trinajstić information content (AvgIpc) is 2.92. The van der Waals surface area contributed by atoms with Gasteiger partial charge in [0.05, 0.1) is 6.10 Å². The topological polar surface area (TPSA) is 24.5 Å². The fourth-order valence-corrected chi connectivity index (χ4v) is 2.66. The summed E-state index contributed by atoms with van der Waals surface area (Å²) in [5.41, 5.74) is 2.57. The van der Waals surface area contributed by atoms with Crippen molar-refractivity contribution in [3.63, 3.8) is 0 Å². The van der Waals surface area contributed by atoms with Gasteiger partial charge in [-0.25, -0.2) is 0 Å². The van der Waals surface area contributed by atoms with Crippen molar-refractivity contribution in [2.75, 3.05) is 25.6 Å². The molecule has 1 saturated heterocycles. The summed E-state index contributed by atoms with van der Waals surface area (Å²) >= 11 is 0. The third-order valence-corrected chi connectivity index (χ3v) is 3.94. The van der Waals surface area contributed by atoms with Gasteiger partial charge in [-0.05, 0) is 44.4 Å². The second-order valence-electron chi connectivity index (χ2n) is 5.71. The van der Waals surface area contributed by atoms with Crippen LogP contribution in [0.25, 0.3) is 0 Å². The molecule has 19 heavy (non-hydrogen) atoms. The van der Waals surface area contributed by atoms with Crippen LogP contribution in [-0.2, 0) is 4.74 Å². The summed E-state index contributed by atoms with van der Waals surface area (Å²) in [7, 11) is 4.13. The van der Waals surface area contributed by atoms with Gasteiger partial charge in [-0.1, -0.05) is 12.1 Å². The van der Waals surface area contributed by atoms with E-state index in [2.05, 4.69) is 62.4 Å². The van der Waals surface area contributed by atoms with Gasteiger partial charge in [0.2, 0.25) is 0 Å². The van der Waals surface area contributed by atoms with Crippen molar-refractivity contribution in [1.82, 2.24) is 5.32 Å². The van der Waals surface area contributed by atoms with Crippen molar-refractivity contribution in [3.8, 4) is 0 Å². The Kier molecular flexibility index (Phi) is 4.83. The molecule has 0 spiro atoms. The number of hydrogen-bond donors (Lipinski definition) is 1. The van der Waals surface area contributed by atoms with E-state index in [4.69, 9.17) is 4.74 Å². The predicted molar refractivity (Wildman–Crippen MR) is 80.8 cm³/mol. The summed E-state index contributed by atoms with van der Waals surface area (Å²) in [6.07, 6.45) is 2.76. The van der Waals surface area contributed by atoms with Crippen molar-refractivity contribution in [3.05, 3.63) is 29.8 Å². The molecule has 1 aromatic rings. The number of anilines is 1. The van der Waals surface area contributed by atoms with Crippen LogP contribution < -0.4 is 10.2 Å². The van der Waals surface area contributed by atoms with Crippen LogP contribution in [-0.4, -0.2) is 32.8 Å². The van der Waals surface area contributed by atoms with Gasteiger partial charge in [-0.15, -0.1) is 0 Å². The van der Waals surface area contributed by atoms with E-state index in [-0.39, 0.29) is 0 Å². The molecule has 3 atom stereocenters. The molecule has 0 bridgehead atoms. The zero-order valence-electron chi connectivity index (χ0n) is 12.5. The first-order chi connectivity index (χ1) is 9.08. The maximum Gasteiger partial charge on any atom is 0.0726 e. The summed E-state index contributed by atoms with van der Waals surface area (Å²) in [4.78, 5) is 2.12. The van der Waals surface area contributed by atoms with E-state index in [1.807, 2.05) is 0 Å². The first kappa shape index (κ1) is 14.4. The Morgan fingerprint density at radius 2 is 1.89 bits per heavy atom. The molecule has 0 saturated carbocycles. The van der Waals surface area contributed by atoms with Gasteiger partial charge < -0.3 is 15.0 Å². The Hall–Kier alpha value is -1.06. The van der Waals surface area contributed by atoms with Crippen molar-refractivity contribution in [2.45, 2.75) is 44.9 Å². The normalized spacial score (nSPS) is 22.2. The number of ether oxygens (including phenoxy) is 1. The van der Waals surface area contributed by atoms with Crippen LogP contribution in [0.4, 0.5) is 5.69 Å². The third kappa shape index (κ3) is 3.71. The van der Waals surface area contributed by atoms with E-state index in [9.17, 15) is 0 Å². The largest absolute Gasteiger partial charge is 0.378 e. The summed E-state index contributed by atoms with van der Waals surface area (Å²) < 4.78 is 5.73. The molecular formula is C16H26N2O. The highest BCUT2D eigenvalue weighted by Gasteiger charge is 2.23. The number of rotatable bonds is 5. The molecule has 0 aromatic heterocycles. The first-order valence-electron chi connectivity index (χ1n) is 7.23. The number of benzene rings is 1. The second kappa shape index (κ2) is 6.40. The Labute approximate surface area is 116 Å². The summed E-state index contributed by atoms with van der Waals surface area (Å²) in [5, 5.41) is 3.65. The lowest BCUT2D eigenvalue weighted by atomic mass is 10.0. The van der Waals surface area contributed by atoms with Gasteiger partial charge in [-0.3, -0.25) is 0 Å². The van der Waals surface area contributed by atoms with Gasteiger partial charge in [0.1, 0.15) is 0 Å². The van der Waals surface area contributed by atoms with Crippen LogP contribution in [0.2, 0.25) is 0 Å². The van der Waals surface area contributed by atoms with E-state index >= 15 is 0 Å².